The largest absolute Gasteiger partial charge is 0.313 e. The van der Waals surface area contributed by atoms with E-state index in [0.29, 0.717) is 0 Å². The molecule has 0 bridgehead atoms. The zero-order valence-corrected chi connectivity index (χ0v) is 34.1. The van der Waals surface area contributed by atoms with Gasteiger partial charge in [-0.15, -0.1) is 0 Å². The Balaban J connectivity index is 0.922. The molecular weight excluding hydrogens is 725 g/mol. The Hall–Kier alpha value is -7.16. The monoisotopic (exact) mass is 770 g/mol. The maximum Gasteiger partial charge on any atom is 0.0538 e. The van der Waals surface area contributed by atoms with Crippen LogP contribution in [0.3, 0.4) is 0 Å². The van der Waals surface area contributed by atoms with Crippen molar-refractivity contribution < 1.29 is 0 Å². The Kier molecular flexibility index (Phi) is 8.74. The molecule has 0 radical (unpaired) electrons. The van der Waals surface area contributed by atoms with Gasteiger partial charge in [0.05, 0.1) is 11.0 Å². The van der Waals surface area contributed by atoms with E-state index in [9.17, 15) is 0 Å². The summed E-state index contributed by atoms with van der Waals surface area (Å²) in [6, 6.07) is 60.6. The number of para-hydroxylation sites is 1. The highest BCUT2D eigenvalue weighted by molar-refractivity contribution is 6.11. The van der Waals surface area contributed by atoms with E-state index in [4.69, 9.17) is 0 Å². The minimum Gasteiger partial charge on any atom is -0.313 e. The van der Waals surface area contributed by atoms with Crippen LogP contribution in [0.15, 0.2) is 212 Å². The lowest BCUT2D eigenvalue weighted by molar-refractivity contribution is 0.651. The summed E-state index contributed by atoms with van der Waals surface area (Å²) < 4.78 is 2.43. The molecule has 2 nitrogen and oxygen atoms in total. The van der Waals surface area contributed by atoms with Gasteiger partial charge in [-0.3, -0.25) is 0 Å². The van der Waals surface area contributed by atoms with Gasteiger partial charge in [-0.2, -0.15) is 0 Å². The van der Waals surface area contributed by atoms with Crippen molar-refractivity contribution in [3.8, 4) is 33.4 Å². The van der Waals surface area contributed by atoms with Crippen molar-refractivity contribution in [2.45, 2.75) is 38.5 Å². The number of anilines is 3. The van der Waals surface area contributed by atoms with Gasteiger partial charge >= 0.3 is 0 Å². The molecule has 3 aliphatic carbocycles. The van der Waals surface area contributed by atoms with E-state index in [1.165, 1.54) is 88.8 Å². The predicted molar refractivity (Wildman–Crippen MR) is 256 cm³/mol. The number of nitrogens with zero attached hydrogens (tertiary/aromatic N) is 2. The van der Waals surface area contributed by atoms with Crippen molar-refractivity contribution in [2.24, 2.45) is 0 Å². The third-order valence-corrected chi connectivity index (χ3v) is 12.9. The highest BCUT2D eigenvalue weighted by Crippen LogP contribution is 2.52. The molecule has 0 aliphatic heterocycles. The van der Waals surface area contributed by atoms with Crippen molar-refractivity contribution in [1.29, 1.82) is 0 Å². The molecule has 1 heterocycles. The molecule has 0 unspecified atom stereocenters. The highest BCUT2D eigenvalue weighted by Gasteiger charge is 2.37. The first-order valence-electron chi connectivity index (χ1n) is 21.3. The van der Waals surface area contributed by atoms with E-state index in [-0.39, 0.29) is 5.41 Å². The molecule has 3 aliphatic rings. The summed E-state index contributed by atoms with van der Waals surface area (Å²) in [4.78, 5) is 2.41. The molecule has 11 rings (SSSR count). The van der Waals surface area contributed by atoms with E-state index < -0.39 is 0 Å². The Morgan fingerprint density at radius 1 is 0.500 bits per heavy atom. The molecule has 2 heteroatoms. The number of allylic oxidation sites excluding steroid dienone is 10. The van der Waals surface area contributed by atoms with Gasteiger partial charge in [0.1, 0.15) is 0 Å². The van der Waals surface area contributed by atoms with Crippen LogP contribution in [0.25, 0.3) is 66.5 Å². The number of hydrogen-bond donors (Lipinski definition) is 0. The van der Waals surface area contributed by atoms with Crippen LogP contribution in [0.2, 0.25) is 0 Å². The topological polar surface area (TPSA) is 8.17 Å². The van der Waals surface area contributed by atoms with Crippen molar-refractivity contribution >= 4 is 50.1 Å². The summed E-state index contributed by atoms with van der Waals surface area (Å²) in [6.07, 6.45) is 18.7. The first-order valence-corrected chi connectivity index (χ1v) is 21.3. The Morgan fingerprint density at radius 3 is 1.83 bits per heavy atom. The van der Waals surface area contributed by atoms with E-state index >= 15 is 0 Å². The minimum atomic E-state index is -0.0387. The standard InChI is InChI=1S/C58H46N2/c1-58(2)54-20-12-10-18-50(54)51-36-35-49(39-55(51)58)59(47-31-26-42(27-32-47)40-14-6-5-7-15-40)48-33-28-43(29-34-48)41-22-24-44(25-23-41)45-30-37-57-53(38-45)52-19-11-13-21-56(52)60(57)46-16-8-3-4-9-17-46/h3-9,11-16,19-39H,10,17-18H2,1-2H3. The lowest BCUT2D eigenvalue weighted by Gasteiger charge is -2.29. The van der Waals surface area contributed by atoms with Gasteiger partial charge in [-0.1, -0.05) is 159 Å². The van der Waals surface area contributed by atoms with Crippen molar-refractivity contribution in [1.82, 2.24) is 4.57 Å². The normalized spacial score (nSPS) is 15.3. The fourth-order valence-corrected chi connectivity index (χ4v) is 9.86. The Labute approximate surface area is 353 Å². The molecule has 0 saturated heterocycles. The van der Waals surface area contributed by atoms with Gasteiger partial charge in [-0.25, -0.2) is 0 Å². The fourth-order valence-electron chi connectivity index (χ4n) is 9.86. The maximum absolute atomic E-state index is 2.44. The quantitative estimate of drug-likeness (QED) is 0.157. The summed E-state index contributed by atoms with van der Waals surface area (Å²) in [5, 5.41) is 2.56. The molecule has 1 aromatic heterocycles. The number of aromatic nitrogens is 1. The maximum atomic E-state index is 2.44. The van der Waals surface area contributed by atoms with Crippen LogP contribution in [-0.2, 0) is 5.41 Å². The van der Waals surface area contributed by atoms with Crippen LogP contribution >= 0.6 is 0 Å². The zero-order chi connectivity index (χ0) is 40.2. The fraction of sp³-hybridized carbons (Fsp3) is 0.103. The van der Waals surface area contributed by atoms with E-state index in [0.717, 1.165) is 30.6 Å². The van der Waals surface area contributed by atoms with Crippen molar-refractivity contribution in [3.05, 3.63) is 223 Å². The predicted octanol–water partition coefficient (Wildman–Crippen LogP) is 16.0. The van der Waals surface area contributed by atoms with Gasteiger partial charge in [0.25, 0.3) is 0 Å². The van der Waals surface area contributed by atoms with E-state index in [1.807, 2.05) is 0 Å². The molecular formula is C58H46N2. The number of benzene rings is 7. The van der Waals surface area contributed by atoms with Crippen LogP contribution in [0.1, 0.15) is 44.2 Å². The summed E-state index contributed by atoms with van der Waals surface area (Å²) in [5.41, 5.74) is 20.3. The van der Waals surface area contributed by atoms with Crippen LogP contribution in [0, 0.1) is 0 Å². The van der Waals surface area contributed by atoms with Gasteiger partial charge in [-0.05, 0) is 129 Å². The molecule has 7 aromatic carbocycles. The second-order valence-electron chi connectivity index (χ2n) is 16.8. The molecule has 8 aromatic rings. The molecule has 60 heavy (non-hydrogen) atoms. The molecule has 0 atom stereocenters. The smallest absolute Gasteiger partial charge is 0.0538 e. The van der Waals surface area contributed by atoms with Crippen molar-refractivity contribution in [2.75, 3.05) is 4.90 Å². The SMILES string of the molecule is CC1(C)C2=C(CCC=C2)c2ccc(N(c3ccc(-c4ccccc4)cc3)c3ccc(-c4ccc(-c5ccc6c(c5)c5ccccc5n6C5=CC=CC=CC5)cc4)cc3)cc21. The van der Waals surface area contributed by atoms with Gasteiger partial charge in [0.15, 0.2) is 0 Å². The molecule has 0 N–H and O–H groups in total. The molecule has 288 valence electrons. The third-order valence-electron chi connectivity index (χ3n) is 12.9. The Bertz CT molecular complexity index is 3090. The van der Waals surface area contributed by atoms with Crippen LogP contribution in [0.5, 0.6) is 0 Å². The highest BCUT2D eigenvalue weighted by atomic mass is 15.1. The second kappa shape index (κ2) is 14.6. The van der Waals surface area contributed by atoms with Gasteiger partial charge in [0.2, 0.25) is 0 Å². The number of fused-ring (bicyclic) bond motifs is 5. The number of hydrogen-bond acceptors (Lipinski definition) is 1. The third kappa shape index (κ3) is 6.10. The average Bonchev–Trinajstić information content (AvgIpc) is 3.57. The zero-order valence-electron chi connectivity index (χ0n) is 34.1. The summed E-state index contributed by atoms with van der Waals surface area (Å²) in [5.74, 6) is 0. The summed E-state index contributed by atoms with van der Waals surface area (Å²) >= 11 is 0. The molecule has 0 amide bonds. The van der Waals surface area contributed by atoms with Crippen molar-refractivity contribution in [3.63, 3.8) is 0 Å². The Morgan fingerprint density at radius 2 is 1.10 bits per heavy atom. The van der Waals surface area contributed by atoms with Gasteiger partial charge < -0.3 is 9.47 Å². The summed E-state index contributed by atoms with van der Waals surface area (Å²) in [7, 11) is 0. The second-order valence-corrected chi connectivity index (χ2v) is 16.8. The first-order chi connectivity index (χ1) is 29.5. The van der Waals surface area contributed by atoms with Gasteiger partial charge in [0, 0.05) is 45.4 Å². The van der Waals surface area contributed by atoms with E-state index in [2.05, 4.69) is 230 Å². The summed E-state index contributed by atoms with van der Waals surface area (Å²) in [6.45, 7) is 4.77. The van der Waals surface area contributed by atoms with Crippen LogP contribution in [0.4, 0.5) is 17.1 Å². The lowest BCUT2D eigenvalue weighted by atomic mass is 9.80. The first kappa shape index (κ1) is 36.0. The minimum absolute atomic E-state index is 0.0387. The van der Waals surface area contributed by atoms with E-state index in [1.54, 1.807) is 0 Å². The lowest BCUT2D eigenvalue weighted by Crippen LogP contribution is -2.18. The van der Waals surface area contributed by atoms with Crippen LogP contribution in [-0.4, -0.2) is 4.57 Å². The number of rotatable bonds is 7. The van der Waals surface area contributed by atoms with Crippen LogP contribution < -0.4 is 4.90 Å². The molecule has 0 fully saturated rings. The average molecular weight is 771 g/mol. The molecule has 0 saturated carbocycles. The molecule has 0 spiro atoms.